The molecule has 6 nitrogen and oxygen atoms in total. The Morgan fingerprint density at radius 3 is 2.44 bits per heavy atom. The molecule has 0 aliphatic carbocycles. The van der Waals surface area contributed by atoms with Gasteiger partial charge in [-0.3, -0.25) is 9.71 Å². The zero-order chi connectivity index (χ0) is 13.0. The van der Waals surface area contributed by atoms with Gasteiger partial charge in [-0.2, -0.15) is 5.26 Å². The average Bonchev–Trinajstić information content (AvgIpc) is 2.39. The topological polar surface area (TPSA) is 95.7 Å². The van der Waals surface area contributed by atoms with Gasteiger partial charge in [0.2, 0.25) is 0 Å². The molecule has 1 aromatic heterocycles. The molecule has 0 unspecified atom stereocenters. The molecule has 0 atom stereocenters. The van der Waals surface area contributed by atoms with Crippen molar-refractivity contribution in [2.24, 2.45) is 0 Å². The summed E-state index contributed by atoms with van der Waals surface area (Å²) in [4.78, 5) is 7.64. The van der Waals surface area contributed by atoms with E-state index in [2.05, 4.69) is 14.7 Å². The van der Waals surface area contributed by atoms with Gasteiger partial charge < -0.3 is 0 Å². The summed E-state index contributed by atoms with van der Waals surface area (Å²) in [5.74, 6) is 0.141. The third kappa shape index (κ3) is 2.61. The smallest absolute Gasteiger partial charge is 0.262 e. The van der Waals surface area contributed by atoms with Gasteiger partial charge in [0.25, 0.3) is 10.0 Å². The molecule has 0 aliphatic rings. The molecule has 0 bridgehead atoms. The number of aromatic nitrogens is 2. The second kappa shape index (κ2) is 4.81. The summed E-state index contributed by atoms with van der Waals surface area (Å²) in [5, 5.41) is 8.63. The molecule has 0 saturated heterocycles. The lowest BCUT2D eigenvalue weighted by Gasteiger charge is -2.06. The van der Waals surface area contributed by atoms with E-state index in [1.807, 2.05) is 6.07 Å². The van der Waals surface area contributed by atoms with Gasteiger partial charge >= 0.3 is 0 Å². The lowest BCUT2D eigenvalue weighted by Crippen LogP contribution is -2.13. The maximum Gasteiger partial charge on any atom is 0.263 e. The first-order valence-corrected chi connectivity index (χ1v) is 6.39. The van der Waals surface area contributed by atoms with Gasteiger partial charge in [0.15, 0.2) is 5.82 Å². The van der Waals surface area contributed by atoms with Crippen LogP contribution >= 0.6 is 0 Å². The van der Waals surface area contributed by atoms with E-state index in [1.54, 1.807) is 0 Å². The van der Waals surface area contributed by atoms with Crippen LogP contribution in [0.1, 0.15) is 5.56 Å². The van der Waals surface area contributed by atoms with E-state index in [9.17, 15) is 8.42 Å². The highest BCUT2D eigenvalue weighted by Crippen LogP contribution is 2.13. The summed E-state index contributed by atoms with van der Waals surface area (Å²) in [5.41, 5.74) is 0.397. The molecule has 1 aromatic carbocycles. The Morgan fingerprint density at radius 1 is 1.17 bits per heavy atom. The van der Waals surface area contributed by atoms with Crippen molar-refractivity contribution in [3.05, 3.63) is 48.4 Å². The third-order valence-corrected chi connectivity index (χ3v) is 3.47. The van der Waals surface area contributed by atoms with E-state index in [0.717, 1.165) is 0 Å². The fraction of sp³-hybridized carbons (Fsp3) is 0. The molecule has 0 spiro atoms. The van der Waals surface area contributed by atoms with Crippen molar-refractivity contribution in [3.8, 4) is 6.07 Å². The van der Waals surface area contributed by atoms with Gasteiger partial charge in [0.1, 0.15) is 0 Å². The summed E-state index contributed by atoms with van der Waals surface area (Å²) >= 11 is 0. The van der Waals surface area contributed by atoms with Crippen molar-refractivity contribution in [2.45, 2.75) is 4.90 Å². The highest BCUT2D eigenvalue weighted by molar-refractivity contribution is 7.92. The lowest BCUT2D eigenvalue weighted by atomic mass is 10.2. The molecule has 2 rings (SSSR count). The SMILES string of the molecule is N#Cc1ccc(S(=O)(=O)Nc2cnccn2)cc1. The van der Waals surface area contributed by atoms with Gasteiger partial charge in [-0.15, -0.1) is 0 Å². The molecule has 0 fully saturated rings. The molecule has 1 heterocycles. The lowest BCUT2D eigenvalue weighted by molar-refractivity contribution is 0.601. The van der Waals surface area contributed by atoms with Gasteiger partial charge in [-0.25, -0.2) is 13.4 Å². The molecular formula is C11H8N4O2S. The summed E-state index contributed by atoms with van der Waals surface area (Å²) in [6, 6.07) is 7.51. The first-order chi connectivity index (χ1) is 8.62. The number of benzene rings is 1. The summed E-state index contributed by atoms with van der Waals surface area (Å²) in [7, 11) is -3.70. The van der Waals surface area contributed by atoms with Crippen LogP contribution in [0.15, 0.2) is 47.8 Å². The number of nitrogens with one attached hydrogen (secondary N) is 1. The van der Waals surface area contributed by atoms with Crippen molar-refractivity contribution in [3.63, 3.8) is 0 Å². The second-order valence-corrected chi connectivity index (χ2v) is 5.01. The zero-order valence-electron chi connectivity index (χ0n) is 9.11. The van der Waals surface area contributed by atoms with Crippen LogP contribution < -0.4 is 4.72 Å². The van der Waals surface area contributed by atoms with E-state index >= 15 is 0 Å². The number of nitrogens with zero attached hydrogens (tertiary/aromatic N) is 3. The summed E-state index contributed by atoms with van der Waals surface area (Å²) in [6.07, 6.45) is 4.14. The van der Waals surface area contributed by atoms with Crippen LogP contribution in [0.5, 0.6) is 0 Å². The van der Waals surface area contributed by atoms with Crippen LogP contribution in [0, 0.1) is 11.3 Å². The predicted molar refractivity (Wildman–Crippen MR) is 64.0 cm³/mol. The molecule has 0 amide bonds. The monoisotopic (exact) mass is 260 g/mol. The summed E-state index contributed by atoms with van der Waals surface area (Å²) < 4.78 is 26.2. The third-order valence-electron chi connectivity index (χ3n) is 2.10. The number of rotatable bonds is 3. The molecular weight excluding hydrogens is 252 g/mol. The minimum Gasteiger partial charge on any atom is -0.262 e. The maximum atomic E-state index is 11.9. The number of hydrogen-bond donors (Lipinski definition) is 1. The molecule has 1 N–H and O–H groups in total. The van der Waals surface area contributed by atoms with E-state index in [-0.39, 0.29) is 10.7 Å². The molecule has 7 heteroatoms. The van der Waals surface area contributed by atoms with Crippen molar-refractivity contribution < 1.29 is 8.42 Å². The minimum atomic E-state index is -3.70. The van der Waals surface area contributed by atoms with Crippen molar-refractivity contribution in [2.75, 3.05) is 4.72 Å². The normalized spacial score (nSPS) is 10.6. The van der Waals surface area contributed by atoms with E-state index in [0.29, 0.717) is 5.56 Å². The fourth-order valence-corrected chi connectivity index (χ4v) is 2.25. The van der Waals surface area contributed by atoms with E-state index in [1.165, 1.54) is 42.9 Å². The Labute approximate surface area is 104 Å². The Balaban J connectivity index is 2.29. The van der Waals surface area contributed by atoms with Crippen LogP contribution in [0.4, 0.5) is 5.82 Å². The molecule has 0 radical (unpaired) electrons. The standard InChI is InChI=1S/C11H8N4O2S/c12-7-9-1-3-10(4-2-9)18(16,17)15-11-8-13-5-6-14-11/h1-6,8H,(H,14,15). The fourth-order valence-electron chi connectivity index (χ4n) is 1.26. The molecule has 2 aromatic rings. The Hall–Kier alpha value is -2.46. The van der Waals surface area contributed by atoms with Gasteiger partial charge in [0.05, 0.1) is 22.7 Å². The van der Waals surface area contributed by atoms with Crippen molar-refractivity contribution in [1.82, 2.24) is 9.97 Å². The van der Waals surface area contributed by atoms with Crippen LogP contribution in [0.25, 0.3) is 0 Å². The minimum absolute atomic E-state index is 0.0622. The number of sulfonamides is 1. The first kappa shape index (κ1) is 12.0. The van der Waals surface area contributed by atoms with Crippen molar-refractivity contribution in [1.29, 1.82) is 5.26 Å². The van der Waals surface area contributed by atoms with Gasteiger partial charge in [0, 0.05) is 12.4 Å². The van der Waals surface area contributed by atoms with E-state index in [4.69, 9.17) is 5.26 Å². The van der Waals surface area contributed by atoms with Crippen LogP contribution in [-0.4, -0.2) is 18.4 Å². The van der Waals surface area contributed by atoms with Gasteiger partial charge in [-0.1, -0.05) is 0 Å². The van der Waals surface area contributed by atoms with Crippen molar-refractivity contribution >= 4 is 15.8 Å². The van der Waals surface area contributed by atoms with E-state index < -0.39 is 10.0 Å². The van der Waals surface area contributed by atoms with Crippen LogP contribution in [-0.2, 0) is 10.0 Å². The molecule has 18 heavy (non-hydrogen) atoms. The van der Waals surface area contributed by atoms with Crippen LogP contribution in [0.2, 0.25) is 0 Å². The highest BCUT2D eigenvalue weighted by atomic mass is 32.2. The number of nitriles is 1. The van der Waals surface area contributed by atoms with Crippen LogP contribution in [0.3, 0.4) is 0 Å². The average molecular weight is 260 g/mol. The first-order valence-electron chi connectivity index (χ1n) is 4.91. The predicted octanol–water partition coefficient (Wildman–Crippen LogP) is 1.15. The maximum absolute atomic E-state index is 11.9. The largest absolute Gasteiger partial charge is 0.263 e. The molecule has 0 saturated carbocycles. The summed E-state index contributed by atoms with van der Waals surface area (Å²) in [6.45, 7) is 0. The molecule has 0 aliphatic heterocycles. The number of anilines is 1. The van der Waals surface area contributed by atoms with Gasteiger partial charge in [-0.05, 0) is 24.3 Å². The second-order valence-electron chi connectivity index (χ2n) is 3.33. The number of hydrogen-bond acceptors (Lipinski definition) is 5. The zero-order valence-corrected chi connectivity index (χ0v) is 9.92. The quantitative estimate of drug-likeness (QED) is 0.893. The Kier molecular flexibility index (Phi) is 3.21. The Morgan fingerprint density at radius 2 is 1.89 bits per heavy atom. The highest BCUT2D eigenvalue weighted by Gasteiger charge is 2.14. The Bertz CT molecular complexity index is 675. The molecule has 90 valence electrons.